The minimum Gasteiger partial charge on any atom is -0.494 e. The average Bonchev–Trinajstić information content (AvgIpc) is 3.68. The summed E-state index contributed by atoms with van der Waals surface area (Å²) in [5.41, 5.74) is 0.883. The van der Waals surface area contributed by atoms with Crippen molar-refractivity contribution in [2.45, 2.75) is 44.2 Å². The quantitative estimate of drug-likeness (QED) is 0.367. The third kappa shape index (κ3) is 4.10. The fourth-order valence-corrected chi connectivity index (χ4v) is 6.41. The van der Waals surface area contributed by atoms with Gasteiger partial charge in [0.2, 0.25) is 17.7 Å². The Balaban J connectivity index is 1.23. The summed E-state index contributed by atoms with van der Waals surface area (Å²) in [5, 5.41) is 23.7. The Hall–Kier alpha value is -4.03. The minimum atomic E-state index is -1.15. The van der Waals surface area contributed by atoms with E-state index in [0.29, 0.717) is 36.4 Å². The van der Waals surface area contributed by atoms with Crippen molar-refractivity contribution in [3.05, 3.63) is 48.5 Å². The van der Waals surface area contributed by atoms with Crippen LogP contribution >= 0.6 is 0 Å². The van der Waals surface area contributed by atoms with Crippen LogP contribution in [0.25, 0.3) is 11.0 Å². The topological polar surface area (TPSA) is 148 Å². The van der Waals surface area contributed by atoms with Crippen LogP contribution in [0.5, 0.6) is 5.75 Å². The maximum Gasteiger partial charge on any atom is 0.247 e. The fraction of sp³-hybridized carbons (Fsp3) is 0.444. The molecule has 3 amide bonds. The van der Waals surface area contributed by atoms with E-state index in [1.54, 1.807) is 28.9 Å². The van der Waals surface area contributed by atoms with Crippen molar-refractivity contribution in [2.75, 3.05) is 25.1 Å². The summed E-state index contributed by atoms with van der Waals surface area (Å²) in [6.45, 7) is 2.11. The molecule has 3 aliphatic heterocycles. The molecule has 6 rings (SSSR count). The minimum absolute atomic E-state index is 0.0390. The molecule has 2 bridgehead atoms. The Kier molecular flexibility index (Phi) is 6.43. The van der Waals surface area contributed by atoms with Crippen molar-refractivity contribution < 1.29 is 29.0 Å². The van der Waals surface area contributed by atoms with Gasteiger partial charge < -0.3 is 30.1 Å². The number of aliphatic hydroxyl groups is 1. The Bertz CT molecular complexity index is 1410. The number of benzene rings is 2. The number of fused-ring (bicyclic) bond motifs is 2. The molecule has 1 spiro atoms. The summed E-state index contributed by atoms with van der Waals surface area (Å²) in [5.74, 6) is -2.00. The highest BCUT2D eigenvalue weighted by Crippen LogP contribution is 2.58. The molecule has 1 aromatic heterocycles. The Morgan fingerprint density at radius 3 is 2.74 bits per heavy atom. The third-order valence-electron chi connectivity index (χ3n) is 7.95. The lowest BCUT2D eigenvalue weighted by Gasteiger charge is -2.33. The first-order chi connectivity index (χ1) is 19.0. The van der Waals surface area contributed by atoms with Gasteiger partial charge >= 0.3 is 0 Å². The Labute approximate surface area is 224 Å². The summed E-state index contributed by atoms with van der Waals surface area (Å²) < 4.78 is 13.4. The van der Waals surface area contributed by atoms with Crippen molar-refractivity contribution in [3.63, 3.8) is 0 Å². The summed E-state index contributed by atoms with van der Waals surface area (Å²) in [6.07, 6.45) is 0.537. The first kappa shape index (κ1) is 25.3. The molecule has 0 radical (unpaired) electrons. The van der Waals surface area contributed by atoms with Gasteiger partial charge in [-0.2, -0.15) is 0 Å². The molecule has 3 aliphatic rings. The Morgan fingerprint density at radius 1 is 1.18 bits per heavy atom. The molecule has 2 aromatic carbocycles. The van der Waals surface area contributed by atoms with Crippen molar-refractivity contribution in [3.8, 4) is 5.75 Å². The number of aromatic nitrogens is 3. The molecule has 12 nitrogen and oxygen atoms in total. The third-order valence-corrected chi connectivity index (χ3v) is 7.95. The second kappa shape index (κ2) is 9.93. The van der Waals surface area contributed by atoms with Gasteiger partial charge in [0.05, 0.1) is 36.7 Å². The Morgan fingerprint density at radius 2 is 1.97 bits per heavy atom. The lowest BCUT2D eigenvalue weighted by Crippen LogP contribution is -2.55. The number of β-amino-alcohol motifs (C(OH)–C–C–N with tert-alkyl or cyclic N) is 1. The SMILES string of the molecule is CCOc1ccc(NC(=O)[C@@H]2[C@@H]3CCC4(O3)C(C(=O)NCn3nnc5ccccc53)N(CCO)C(=O)[C@H]24)cc1. The number of likely N-dealkylation sites (tertiary alicyclic amines) is 1. The van der Waals surface area contributed by atoms with Gasteiger partial charge in [0.15, 0.2) is 0 Å². The number of ether oxygens (including phenoxy) is 2. The number of para-hydroxylation sites is 1. The van der Waals surface area contributed by atoms with Crippen LogP contribution in [0.15, 0.2) is 48.5 Å². The van der Waals surface area contributed by atoms with E-state index in [2.05, 4.69) is 20.9 Å². The molecule has 0 aliphatic carbocycles. The van der Waals surface area contributed by atoms with E-state index in [-0.39, 0.29) is 31.6 Å². The number of nitrogens with one attached hydrogen (secondary N) is 2. The van der Waals surface area contributed by atoms with E-state index in [0.717, 1.165) is 5.52 Å². The normalized spacial score (nSPS) is 27.1. The highest BCUT2D eigenvalue weighted by atomic mass is 16.5. The summed E-state index contributed by atoms with van der Waals surface area (Å²) in [6, 6.07) is 13.4. The van der Waals surface area contributed by atoms with Crippen LogP contribution in [0.4, 0.5) is 5.69 Å². The fourth-order valence-electron chi connectivity index (χ4n) is 6.41. The molecule has 3 fully saturated rings. The highest BCUT2D eigenvalue weighted by Gasteiger charge is 2.74. The summed E-state index contributed by atoms with van der Waals surface area (Å²) >= 11 is 0. The largest absolute Gasteiger partial charge is 0.494 e. The van der Waals surface area contributed by atoms with E-state index in [1.165, 1.54) is 4.90 Å². The predicted molar refractivity (Wildman–Crippen MR) is 138 cm³/mol. The maximum atomic E-state index is 13.7. The number of aliphatic hydroxyl groups excluding tert-OH is 1. The second-order valence-electron chi connectivity index (χ2n) is 10.0. The molecule has 3 N–H and O–H groups in total. The number of hydrogen-bond donors (Lipinski definition) is 3. The molecule has 4 heterocycles. The van der Waals surface area contributed by atoms with Gasteiger partial charge in [0.25, 0.3) is 0 Å². The van der Waals surface area contributed by atoms with Crippen LogP contribution in [0.3, 0.4) is 0 Å². The van der Waals surface area contributed by atoms with Gasteiger partial charge in [-0.05, 0) is 56.2 Å². The zero-order chi connectivity index (χ0) is 27.1. The van der Waals surface area contributed by atoms with E-state index < -0.39 is 35.5 Å². The number of rotatable bonds is 9. The van der Waals surface area contributed by atoms with E-state index >= 15 is 0 Å². The molecule has 204 valence electrons. The molecule has 2 unspecified atom stereocenters. The molecular formula is C27H30N6O6. The smallest absolute Gasteiger partial charge is 0.247 e. The zero-order valence-electron chi connectivity index (χ0n) is 21.4. The average molecular weight is 535 g/mol. The second-order valence-corrected chi connectivity index (χ2v) is 10.0. The molecular weight excluding hydrogens is 504 g/mol. The maximum absolute atomic E-state index is 13.7. The lowest BCUT2D eigenvalue weighted by molar-refractivity contribution is -0.142. The van der Waals surface area contributed by atoms with Crippen LogP contribution in [0.1, 0.15) is 19.8 Å². The number of carbonyl (C=O) groups excluding carboxylic acids is 3. The van der Waals surface area contributed by atoms with Crippen molar-refractivity contribution >= 4 is 34.4 Å². The first-order valence-electron chi connectivity index (χ1n) is 13.2. The predicted octanol–water partition coefficient (Wildman–Crippen LogP) is 0.909. The molecule has 5 atom stereocenters. The highest BCUT2D eigenvalue weighted by molar-refractivity contribution is 6.02. The number of hydrogen-bond acceptors (Lipinski definition) is 8. The number of carbonyl (C=O) groups is 3. The first-order valence-corrected chi connectivity index (χ1v) is 13.2. The standard InChI is InChI=1S/C27H30N6O6/c1-2-38-17-9-7-16(8-10-17)29-24(35)21-20-11-12-27(39-20)22(21)26(37)32(13-14-34)23(27)25(36)28-15-33-19-6-4-3-5-18(19)30-31-33/h3-10,20-23,34H,2,11-15H2,1H3,(H,28,36)(H,29,35)/t20-,21+,22-,23?,27?/m0/s1. The van der Waals surface area contributed by atoms with Gasteiger partial charge in [-0.15, -0.1) is 5.10 Å². The van der Waals surface area contributed by atoms with E-state index in [1.807, 2.05) is 31.2 Å². The van der Waals surface area contributed by atoms with Gasteiger partial charge in [-0.25, -0.2) is 4.68 Å². The van der Waals surface area contributed by atoms with Crippen LogP contribution in [-0.4, -0.2) is 80.2 Å². The van der Waals surface area contributed by atoms with Crippen LogP contribution in [0, 0.1) is 11.8 Å². The van der Waals surface area contributed by atoms with Gasteiger partial charge in [-0.1, -0.05) is 17.3 Å². The molecule has 39 heavy (non-hydrogen) atoms. The molecule has 12 heteroatoms. The number of nitrogens with zero attached hydrogens (tertiary/aromatic N) is 4. The summed E-state index contributed by atoms with van der Waals surface area (Å²) in [7, 11) is 0. The lowest BCUT2D eigenvalue weighted by atomic mass is 9.70. The number of amides is 3. The van der Waals surface area contributed by atoms with Gasteiger partial charge in [-0.3, -0.25) is 14.4 Å². The van der Waals surface area contributed by atoms with Crippen molar-refractivity contribution in [1.29, 1.82) is 0 Å². The monoisotopic (exact) mass is 534 g/mol. The van der Waals surface area contributed by atoms with Gasteiger partial charge in [0.1, 0.15) is 29.6 Å². The zero-order valence-corrected chi connectivity index (χ0v) is 21.4. The molecule has 3 aromatic rings. The van der Waals surface area contributed by atoms with E-state index in [9.17, 15) is 19.5 Å². The molecule has 0 saturated carbocycles. The van der Waals surface area contributed by atoms with E-state index in [4.69, 9.17) is 9.47 Å². The van der Waals surface area contributed by atoms with Gasteiger partial charge in [0, 0.05) is 12.2 Å². The molecule has 3 saturated heterocycles. The van der Waals surface area contributed by atoms with Crippen LogP contribution in [-0.2, 0) is 25.8 Å². The summed E-state index contributed by atoms with van der Waals surface area (Å²) in [4.78, 5) is 42.2. The van der Waals surface area contributed by atoms with Crippen molar-refractivity contribution in [1.82, 2.24) is 25.2 Å². The van der Waals surface area contributed by atoms with Crippen molar-refractivity contribution in [2.24, 2.45) is 11.8 Å². The van der Waals surface area contributed by atoms with Crippen LogP contribution < -0.4 is 15.4 Å². The van der Waals surface area contributed by atoms with Crippen LogP contribution in [0.2, 0.25) is 0 Å². The number of anilines is 1.